The van der Waals surface area contributed by atoms with Gasteiger partial charge in [0.2, 0.25) is 0 Å². The van der Waals surface area contributed by atoms with E-state index in [0.717, 1.165) is 32.6 Å². The molecule has 0 aliphatic carbocycles. The maximum atomic E-state index is 12.4. The average molecular weight is 287 g/mol. The third-order valence-corrected chi connectivity index (χ3v) is 3.72. The topological polar surface area (TPSA) is 23.6 Å². The van der Waals surface area contributed by atoms with Gasteiger partial charge >= 0.3 is 0 Å². The van der Waals surface area contributed by atoms with Gasteiger partial charge in [0.25, 0.3) is 5.91 Å². The Hall–Kier alpha value is -0.770. The van der Waals surface area contributed by atoms with Crippen LogP contribution >= 0.6 is 23.2 Å². The third-order valence-electron chi connectivity index (χ3n) is 3.17. The van der Waals surface area contributed by atoms with Gasteiger partial charge in [0.15, 0.2) is 0 Å². The molecule has 0 N–H and O–H groups in total. The van der Waals surface area contributed by atoms with Gasteiger partial charge in [0.1, 0.15) is 0 Å². The van der Waals surface area contributed by atoms with E-state index in [1.165, 1.54) is 0 Å². The number of rotatable bonds is 1. The quantitative estimate of drug-likeness (QED) is 0.793. The average Bonchev–Trinajstić information content (AvgIpc) is 2.53. The van der Waals surface area contributed by atoms with Crippen LogP contribution in [0.2, 0.25) is 10.0 Å². The Morgan fingerprint density at radius 2 is 1.94 bits per heavy atom. The Kier molecular flexibility index (Phi) is 4.49. The van der Waals surface area contributed by atoms with Crippen LogP contribution in [0, 0.1) is 0 Å². The van der Waals surface area contributed by atoms with E-state index in [1.807, 2.05) is 4.90 Å². The fraction of sp³-hybridized carbons (Fsp3) is 0.462. The summed E-state index contributed by atoms with van der Waals surface area (Å²) >= 11 is 11.9. The van der Waals surface area contributed by atoms with Crippen molar-refractivity contribution < 1.29 is 4.79 Å². The highest BCUT2D eigenvalue weighted by Crippen LogP contribution is 2.22. The molecule has 1 aromatic carbocycles. The number of carbonyl (C=O) groups excluding carboxylic acids is 1. The standard InChI is InChI=1S/C13H16Cl2N2O/c1-16-5-2-6-17(8-7-16)13(18)11-4-3-10(14)9-12(11)15/h3-4,9H,2,5-8H2,1H3. The lowest BCUT2D eigenvalue weighted by atomic mass is 10.2. The van der Waals surface area contributed by atoms with Gasteiger partial charge in [-0.3, -0.25) is 4.79 Å². The van der Waals surface area contributed by atoms with Crippen molar-refractivity contribution in [2.45, 2.75) is 6.42 Å². The van der Waals surface area contributed by atoms with Gasteiger partial charge in [-0.2, -0.15) is 0 Å². The largest absolute Gasteiger partial charge is 0.337 e. The number of amides is 1. The molecule has 3 nitrogen and oxygen atoms in total. The van der Waals surface area contributed by atoms with Crippen LogP contribution in [0.4, 0.5) is 0 Å². The van der Waals surface area contributed by atoms with Crippen molar-refractivity contribution in [3.8, 4) is 0 Å². The van der Waals surface area contributed by atoms with E-state index in [9.17, 15) is 4.79 Å². The van der Waals surface area contributed by atoms with Crippen LogP contribution in [-0.2, 0) is 0 Å². The van der Waals surface area contributed by atoms with Gasteiger partial charge in [-0.25, -0.2) is 0 Å². The first-order valence-corrected chi connectivity index (χ1v) is 6.76. The zero-order valence-corrected chi connectivity index (χ0v) is 11.8. The van der Waals surface area contributed by atoms with Crippen molar-refractivity contribution in [1.82, 2.24) is 9.80 Å². The molecule has 2 rings (SSSR count). The Morgan fingerprint density at radius 1 is 1.17 bits per heavy atom. The first-order chi connectivity index (χ1) is 8.58. The fourth-order valence-corrected chi connectivity index (χ4v) is 2.57. The van der Waals surface area contributed by atoms with Crippen molar-refractivity contribution in [2.75, 3.05) is 33.2 Å². The highest BCUT2D eigenvalue weighted by Gasteiger charge is 2.20. The third kappa shape index (κ3) is 3.16. The highest BCUT2D eigenvalue weighted by atomic mass is 35.5. The van der Waals surface area contributed by atoms with Crippen molar-refractivity contribution in [1.29, 1.82) is 0 Å². The second-order valence-electron chi connectivity index (χ2n) is 4.57. The van der Waals surface area contributed by atoms with Crippen LogP contribution in [0.15, 0.2) is 18.2 Å². The maximum Gasteiger partial charge on any atom is 0.255 e. The van der Waals surface area contributed by atoms with E-state index < -0.39 is 0 Å². The molecule has 0 unspecified atom stereocenters. The molecule has 0 atom stereocenters. The van der Waals surface area contributed by atoms with Gasteiger partial charge in [-0.1, -0.05) is 23.2 Å². The zero-order chi connectivity index (χ0) is 13.1. The van der Waals surface area contributed by atoms with E-state index in [-0.39, 0.29) is 5.91 Å². The molecular weight excluding hydrogens is 271 g/mol. The first-order valence-electron chi connectivity index (χ1n) is 6.01. The molecule has 0 radical (unpaired) electrons. The summed E-state index contributed by atoms with van der Waals surface area (Å²) in [4.78, 5) is 16.5. The number of carbonyl (C=O) groups is 1. The second kappa shape index (κ2) is 5.91. The molecule has 1 heterocycles. The summed E-state index contributed by atoms with van der Waals surface area (Å²) in [5.74, 6) is -0.00744. The fourth-order valence-electron chi connectivity index (χ4n) is 2.08. The number of halogens is 2. The van der Waals surface area contributed by atoms with Crippen LogP contribution in [0.25, 0.3) is 0 Å². The van der Waals surface area contributed by atoms with Crippen LogP contribution < -0.4 is 0 Å². The Bertz CT molecular complexity index is 451. The summed E-state index contributed by atoms with van der Waals surface area (Å²) in [6.45, 7) is 3.45. The van der Waals surface area contributed by atoms with Gasteiger partial charge < -0.3 is 9.80 Å². The van der Waals surface area contributed by atoms with Gasteiger partial charge in [-0.15, -0.1) is 0 Å². The lowest BCUT2D eigenvalue weighted by molar-refractivity contribution is 0.0763. The van der Waals surface area contributed by atoms with E-state index in [2.05, 4.69) is 11.9 Å². The normalized spacial score (nSPS) is 17.6. The van der Waals surface area contributed by atoms with E-state index in [0.29, 0.717) is 15.6 Å². The van der Waals surface area contributed by atoms with Crippen molar-refractivity contribution in [2.24, 2.45) is 0 Å². The summed E-state index contributed by atoms with van der Waals surface area (Å²) in [6.07, 6.45) is 0.994. The predicted molar refractivity (Wildman–Crippen MR) is 74.5 cm³/mol. The number of hydrogen-bond acceptors (Lipinski definition) is 2. The molecule has 1 aliphatic heterocycles. The Morgan fingerprint density at radius 3 is 2.67 bits per heavy atom. The van der Waals surface area contributed by atoms with E-state index in [1.54, 1.807) is 18.2 Å². The molecule has 0 aromatic heterocycles. The molecule has 1 saturated heterocycles. The molecule has 1 fully saturated rings. The minimum absolute atomic E-state index is 0.00744. The zero-order valence-electron chi connectivity index (χ0n) is 10.3. The van der Waals surface area contributed by atoms with Crippen LogP contribution in [-0.4, -0.2) is 48.9 Å². The summed E-state index contributed by atoms with van der Waals surface area (Å²) in [7, 11) is 2.07. The van der Waals surface area contributed by atoms with Crippen molar-refractivity contribution in [3.05, 3.63) is 33.8 Å². The molecule has 5 heteroatoms. The van der Waals surface area contributed by atoms with Crippen LogP contribution in [0.5, 0.6) is 0 Å². The lowest BCUT2D eigenvalue weighted by Gasteiger charge is -2.21. The van der Waals surface area contributed by atoms with Gasteiger partial charge in [0.05, 0.1) is 10.6 Å². The number of benzene rings is 1. The molecule has 1 aromatic rings. The van der Waals surface area contributed by atoms with E-state index >= 15 is 0 Å². The first kappa shape index (κ1) is 13.7. The molecule has 1 aliphatic rings. The summed E-state index contributed by atoms with van der Waals surface area (Å²) < 4.78 is 0. The minimum Gasteiger partial charge on any atom is -0.337 e. The van der Waals surface area contributed by atoms with Crippen molar-refractivity contribution in [3.63, 3.8) is 0 Å². The molecule has 0 spiro atoms. The molecule has 18 heavy (non-hydrogen) atoms. The molecule has 1 amide bonds. The van der Waals surface area contributed by atoms with Crippen molar-refractivity contribution >= 4 is 29.1 Å². The maximum absolute atomic E-state index is 12.4. The number of hydrogen-bond donors (Lipinski definition) is 0. The Labute approximate surface area is 117 Å². The van der Waals surface area contributed by atoms with E-state index in [4.69, 9.17) is 23.2 Å². The number of nitrogens with zero attached hydrogens (tertiary/aromatic N) is 2. The minimum atomic E-state index is -0.00744. The summed E-state index contributed by atoms with van der Waals surface area (Å²) in [6, 6.07) is 5.01. The van der Waals surface area contributed by atoms with Gasteiger partial charge in [0, 0.05) is 24.7 Å². The smallest absolute Gasteiger partial charge is 0.255 e. The summed E-state index contributed by atoms with van der Waals surface area (Å²) in [5.41, 5.74) is 0.533. The summed E-state index contributed by atoms with van der Waals surface area (Å²) in [5, 5.41) is 0.970. The monoisotopic (exact) mass is 286 g/mol. The van der Waals surface area contributed by atoms with Crippen LogP contribution in [0.1, 0.15) is 16.8 Å². The van der Waals surface area contributed by atoms with Crippen LogP contribution in [0.3, 0.4) is 0 Å². The SMILES string of the molecule is CN1CCCN(C(=O)c2ccc(Cl)cc2Cl)CC1. The molecule has 0 saturated carbocycles. The Balaban J connectivity index is 2.15. The molecular formula is C13H16Cl2N2O. The molecule has 98 valence electrons. The second-order valence-corrected chi connectivity index (χ2v) is 5.42. The highest BCUT2D eigenvalue weighted by molar-refractivity contribution is 6.36. The predicted octanol–water partition coefficient (Wildman–Crippen LogP) is 2.77. The van der Waals surface area contributed by atoms with Gasteiger partial charge in [-0.05, 0) is 38.2 Å². The molecule has 0 bridgehead atoms. The lowest BCUT2D eigenvalue weighted by Crippen LogP contribution is -2.34. The number of likely N-dealkylation sites (N-methyl/N-ethyl adjacent to an activating group) is 1.